The van der Waals surface area contributed by atoms with E-state index in [1.54, 1.807) is 25.1 Å². The number of carbonyl (C=O) groups excluding carboxylic acids is 3. The number of rotatable bonds is 5. The molecule has 1 aliphatic heterocycles. The highest BCUT2D eigenvalue weighted by molar-refractivity contribution is 6.31. The number of aromatic amines is 1. The fourth-order valence-corrected chi connectivity index (χ4v) is 4.19. The van der Waals surface area contributed by atoms with Crippen molar-refractivity contribution in [2.45, 2.75) is 12.5 Å². The van der Waals surface area contributed by atoms with E-state index in [-0.39, 0.29) is 0 Å². The molecule has 0 bridgehead atoms. The van der Waals surface area contributed by atoms with Gasteiger partial charge >= 0.3 is 6.03 Å². The molecule has 0 radical (unpaired) electrons. The smallest absolute Gasteiger partial charge is 0.324 e. The molecular formula is C23H18ClN7O3. The van der Waals surface area contributed by atoms with Crippen molar-refractivity contribution in [3.63, 3.8) is 0 Å². The number of nitrogens with zero attached hydrogens (tertiary/aromatic N) is 4. The Bertz CT molecular complexity index is 1440. The molecule has 11 heteroatoms. The molecule has 1 atom stereocenters. The maximum absolute atomic E-state index is 13.2. The molecule has 1 saturated heterocycles. The number of hydrogen-bond acceptors (Lipinski definition) is 6. The molecule has 34 heavy (non-hydrogen) atoms. The molecule has 3 aromatic carbocycles. The van der Waals surface area contributed by atoms with Crippen LogP contribution in [0.25, 0.3) is 22.2 Å². The molecule has 4 aromatic rings. The van der Waals surface area contributed by atoms with Crippen molar-refractivity contribution in [1.29, 1.82) is 0 Å². The quantitative estimate of drug-likeness (QED) is 0.380. The second-order valence-electron chi connectivity index (χ2n) is 8.02. The van der Waals surface area contributed by atoms with Crippen molar-refractivity contribution in [2.75, 3.05) is 11.9 Å². The second kappa shape index (κ2) is 8.23. The van der Waals surface area contributed by atoms with Gasteiger partial charge in [0.2, 0.25) is 11.7 Å². The number of nitrogens with one attached hydrogen (secondary N) is 3. The van der Waals surface area contributed by atoms with Crippen LogP contribution in [0.4, 0.5) is 10.5 Å². The Morgan fingerprint density at radius 2 is 1.88 bits per heavy atom. The zero-order valence-electron chi connectivity index (χ0n) is 17.9. The van der Waals surface area contributed by atoms with Crippen molar-refractivity contribution < 1.29 is 14.4 Å². The van der Waals surface area contributed by atoms with Gasteiger partial charge in [0.05, 0.1) is 0 Å². The summed E-state index contributed by atoms with van der Waals surface area (Å²) in [5, 5.41) is 21.3. The first-order valence-electron chi connectivity index (χ1n) is 10.3. The van der Waals surface area contributed by atoms with Crippen molar-refractivity contribution in [1.82, 2.24) is 30.8 Å². The van der Waals surface area contributed by atoms with Crippen LogP contribution in [0.15, 0.2) is 60.7 Å². The average Bonchev–Trinajstić information content (AvgIpc) is 3.42. The maximum Gasteiger partial charge on any atom is 0.325 e. The van der Waals surface area contributed by atoms with Gasteiger partial charge in [-0.25, -0.2) is 4.79 Å². The van der Waals surface area contributed by atoms with E-state index in [9.17, 15) is 14.4 Å². The Hall–Kier alpha value is -4.31. The van der Waals surface area contributed by atoms with Gasteiger partial charge in [0.15, 0.2) is 0 Å². The lowest BCUT2D eigenvalue weighted by Gasteiger charge is -2.22. The van der Waals surface area contributed by atoms with Crippen LogP contribution in [0.5, 0.6) is 0 Å². The maximum atomic E-state index is 13.2. The van der Waals surface area contributed by atoms with E-state index < -0.39 is 29.9 Å². The number of hydrogen-bond donors (Lipinski definition) is 3. The summed E-state index contributed by atoms with van der Waals surface area (Å²) in [7, 11) is 0. The number of imide groups is 1. The van der Waals surface area contributed by atoms with Gasteiger partial charge in [-0.15, -0.1) is 10.2 Å². The summed E-state index contributed by atoms with van der Waals surface area (Å²) in [6.07, 6.45) is 0. The molecule has 0 aliphatic carbocycles. The van der Waals surface area contributed by atoms with Gasteiger partial charge in [0.25, 0.3) is 5.91 Å². The first kappa shape index (κ1) is 21.5. The Kier molecular flexibility index (Phi) is 5.21. The molecule has 1 unspecified atom stereocenters. The highest BCUT2D eigenvalue weighted by atomic mass is 35.5. The van der Waals surface area contributed by atoms with Crippen molar-refractivity contribution in [3.05, 3.63) is 71.2 Å². The van der Waals surface area contributed by atoms with E-state index in [2.05, 4.69) is 31.3 Å². The lowest BCUT2D eigenvalue weighted by atomic mass is 9.90. The molecule has 10 nitrogen and oxygen atoms in total. The molecule has 5 rings (SSSR count). The highest BCUT2D eigenvalue weighted by Crippen LogP contribution is 2.31. The molecule has 4 amide bonds. The second-order valence-corrected chi connectivity index (χ2v) is 8.46. The number of aromatic nitrogens is 4. The Balaban J connectivity index is 1.34. The number of halogens is 1. The van der Waals surface area contributed by atoms with Gasteiger partial charge in [-0.2, -0.15) is 5.21 Å². The third-order valence-corrected chi connectivity index (χ3v) is 5.91. The van der Waals surface area contributed by atoms with Crippen LogP contribution in [0, 0.1) is 0 Å². The monoisotopic (exact) mass is 475 g/mol. The first-order chi connectivity index (χ1) is 16.3. The molecule has 0 spiro atoms. The summed E-state index contributed by atoms with van der Waals surface area (Å²) >= 11 is 6.15. The molecule has 1 fully saturated rings. The molecule has 2 heterocycles. The van der Waals surface area contributed by atoms with Crippen molar-refractivity contribution >= 4 is 45.9 Å². The number of fused-ring (bicyclic) bond motifs is 1. The van der Waals surface area contributed by atoms with Gasteiger partial charge in [-0.05, 0) is 52.7 Å². The van der Waals surface area contributed by atoms with E-state index in [1.165, 1.54) is 6.07 Å². The zero-order valence-corrected chi connectivity index (χ0v) is 18.6. The largest absolute Gasteiger partial charge is 0.325 e. The standard InChI is InChI=1S/C23H18ClN7O3/c1-23(16-7-6-13-4-2-3-5-14(13)8-16)21(33)31(22(34)26-23)12-19(32)25-18-10-15(9-17(24)11-18)20-27-29-30-28-20/h2-11H,12H2,1H3,(H,25,32)(H,26,34)(H,27,28,29,30). The number of H-pyrrole nitrogens is 1. The summed E-state index contributed by atoms with van der Waals surface area (Å²) < 4.78 is 0. The minimum atomic E-state index is -1.29. The minimum absolute atomic E-state index is 0.304. The number of benzene rings is 3. The Labute approximate surface area is 198 Å². The van der Waals surface area contributed by atoms with Gasteiger partial charge in [0, 0.05) is 16.3 Å². The van der Waals surface area contributed by atoms with Crippen LogP contribution in [0.1, 0.15) is 12.5 Å². The first-order valence-corrected chi connectivity index (χ1v) is 10.7. The molecular weight excluding hydrogens is 458 g/mol. The summed E-state index contributed by atoms with van der Waals surface area (Å²) in [6, 6.07) is 17.4. The van der Waals surface area contributed by atoms with Crippen molar-refractivity contribution in [2.24, 2.45) is 0 Å². The summed E-state index contributed by atoms with van der Waals surface area (Å²) in [5.41, 5.74) is 0.243. The molecule has 170 valence electrons. The third kappa shape index (κ3) is 3.84. The molecule has 3 N–H and O–H groups in total. The van der Waals surface area contributed by atoms with Crippen LogP contribution >= 0.6 is 11.6 Å². The van der Waals surface area contributed by atoms with Gasteiger partial charge < -0.3 is 10.6 Å². The predicted octanol–water partition coefficient (Wildman–Crippen LogP) is 3.08. The number of anilines is 1. The topological polar surface area (TPSA) is 133 Å². The zero-order chi connectivity index (χ0) is 23.9. The molecule has 0 saturated carbocycles. The van der Waals surface area contributed by atoms with Crippen molar-refractivity contribution in [3.8, 4) is 11.4 Å². The number of carbonyl (C=O) groups is 3. The van der Waals surface area contributed by atoms with Gasteiger partial charge in [0.1, 0.15) is 12.1 Å². The van der Waals surface area contributed by atoms with Crippen LogP contribution in [-0.4, -0.2) is 49.9 Å². The lowest BCUT2D eigenvalue weighted by Crippen LogP contribution is -2.42. The number of urea groups is 1. The van der Waals surface area contributed by atoms with Crippen LogP contribution in [-0.2, 0) is 15.1 Å². The van der Waals surface area contributed by atoms with Gasteiger partial charge in [-0.3, -0.25) is 14.5 Å². The summed E-state index contributed by atoms with van der Waals surface area (Å²) in [4.78, 5) is 39.5. The molecule has 1 aliphatic rings. The predicted molar refractivity (Wildman–Crippen MR) is 125 cm³/mol. The summed E-state index contributed by atoms with van der Waals surface area (Å²) in [6.45, 7) is 1.17. The Morgan fingerprint density at radius 3 is 2.65 bits per heavy atom. The third-order valence-electron chi connectivity index (χ3n) is 5.69. The van der Waals surface area contributed by atoms with Crippen LogP contribution in [0.2, 0.25) is 5.02 Å². The van der Waals surface area contributed by atoms with Crippen LogP contribution < -0.4 is 10.6 Å². The highest BCUT2D eigenvalue weighted by Gasteiger charge is 2.49. The molecule has 1 aromatic heterocycles. The van der Waals surface area contributed by atoms with E-state index in [0.717, 1.165) is 15.7 Å². The van der Waals surface area contributed by atoms with E-state index in [1.807, 2.05) is 36.4 Å². The SMILES string of the molecule is CC1(c2ccc3ccccc3c2)NC(=O)N(CC(=O)Nc2cc(Cl)cc(-c3nn[nH]n3)c2)C1=O. The average molecular weight is 476 g/mol. The Morgan fingerprint density at radius 1 is 1.09 bits per heavy atom. The number of tetrazole rings is 1. The minimum Gasteiger partial charge on any atom is -0.324 e. The van der Waals surface area contributed by atoms with E-state index in [0.29, 0.717) is 27.7 Å². The normalized spacial score (nSPS) is 17.8. The van der Waals surface area contributed by atoms with Crippen LogP contribution in [0.3, 0.4) is 0 Å². The fraction of sp³-hybridized carbons (Fsp3) is 0.130. The number of amides is 4. The lowest BCUT2D eigenvalue weighted by molar-refractivity contribution is -0.133. The fourth-order valence-electron chi connectivity index (χ4n) is 3.96. The van der Waals surface area contributed by atoms with Gasteiger partial charge in [-0.1, -0.05) is 48.0 Å². The van der Waals surface area contributed by atoms with E-state index in [4.69, 9.17) is 11.6 Å². The summed E-state index contributed by atoms with van der Waals surface area (Å²) in [5.74, 6) is -0.771. The van der Waals surface area contributed by atoms with E-state index >= 15 is 0 Å².